The van der Waals surface area contributed by atoms with E-state index in [1.54, 1.807) is 18.5 Å². The van der Waals surface area contributed by atoms with Crippen molar-refractivity contribution in [1.82, 2.24) is 15.0 Å². The average Bonchev–Trinajstić information content (AvgIpc) is 2.39. The molecule has 9 heteroatoms. The summed E-state index contributed by atoms with van der Waals surface area (Å²) in [5, 5.41) is 21.7. The van der Waals surface area contributed by atoms with E-state index < -0.39 is 0 Å². The van der Waals surface area contributed by atoms with Crippen molar-refractivity contribution in [2.24, 2.45) is 5.28 Å². The van der Waals surface area contributed by atoms with Gasteiger partial charge >= 0.3 is 29.6 Å². The minimum absolute atomic E-state index is 0. The minimum Gasteiger partial charge on any atom is -0.357 e. The topological polar surface area (TPSA) is 88.1 Å². The molecular weight excluding hydrogens is 235 g/mol. The molecule has 2 heterocycles. The standard InChI is InChI=1S/C8H12N6O2.Na/c15-11-14(16)13-6-4-12(5-7-13)8-9-2-1-3-10-8;/h1-3,16H,4-7H2;/q;+1/p+1. The molecule has 1 aromatic rings. The summed E-state index contributed by atoms with van der Waals surface area (Å²) in [5.74, 6) is 0.674. The first-order chi connectivity index (χ1) is 7.81. The van der Waals surface area contributed by atoms with Gasteiger partial charge in [-0.2, -0.15) is 0 Å². The third kappa shape index (κ3) is 3.42. The van der Waals surface area contributed by atoms with Crippen LogP contribution in [0.1, 0.15) is 0 Å². The predicted molar refractivity (Wildman–Crippen MR) is 52.1 cm³/mol. The molecule has 17 heavy (non-hydrogen) atoms. The van der Waals surface area contributed by atoms with Crippen LogP contribution in [0.15, 0.2) is 23.7 Å². The van der Waals surface area contributed by atoms with Crippen LogP contribution in [0.4, 0.5) is 5.95 Å². The van der Waals surface area contributed by atoms with Crippen molar-refractivity contribution in [3.8, 4) is 0 Å². The smallest absolute Gasteiger partial charge is 0.357 e. The molecule has 0 bridgehead atoms. The Morgan fingerprint density at radius 3 is 2.29 bits per heavy atom. The second kappa shape index (κ2) is 6.58. The van der Waals surface area contributed by atoms with Crippen molar-refractivity contribution in [2.45, 2.75) is 0 Å². The first-order valence-corrected chi connectivity index (χ1v) is 4.92. The number of hydrogen-bond acceptors (Lipinski definition) is 4. The summed E-state index contributed by atoms with van der Waals surface area (Å²) in [7, 11) is 0. The van der Waals surface area contributed by atoms with Gasteiger partial charge in [-0.25, -0.2) is 15.2 Å². The van der Waals surface area contributed by atoms with Gasteiger partial charge < -0.3 is 10.1 Å². The van der Waals surface area contributed by atoms with E-state index in [0.29, 0.717) is 37.1 Å². The maximum absolute atomic E-state index is 9.13. The van der Waals surface area contributed by atoms with Gasteiger partial charge in [-0.15, -0.1) is 5.01 Å². The zero-order chi connectivity index (χ0) is 11.4. The molecule has 1 saturated heterocycles. The third-order valence-corrected chi connectivity index (χ3v) is 2.42. The van der Waals surface area contributed by atoms with Gasteiger partial charge in [0.1, 0.15) is 0 Å². The molecule has 0 saturated carbocycles. The molecule has 2 rings (SSSR count). The molecule has 1 aromatic heterocycles. The van der Waals surface area contributed by atoms with E-state index in [0.717, 1.165) is 0 Å². The molecule has 0 spiro atoms. The van der Waals surface area contributed by atoms with Crippen LogP contribution >= 0.6 is 0 Å². The summed E-state index contributed by atoms with van der Waals surface area (Å²) in [5.41, 5.74) is 0. The number of hydrogen-bond donors (Lipinski definition) is 2. The Hall–Kier alpha value is -1.12. The van der Waals surface area contributed by atoms with Gasteiger partial charge in [0.05, 0.1) is 13.1 Å². The zero-order valence-corrected chi connectivity index (χ0v) is 11.6. The van der Waals surface area contributed by atoms with Crippen LogP contribution in [-0.4, -0.2) is 56.5 Å². The summed E-state index contributed by atoms with van der Waals surface area (Å²) >= 11 is 0. The Kier molecular flexibility index (Phi) is 5.39. The molecule has 0 radical (unpaired) electrons. The summed E-state index contributed by atoms with van der Waals surface area (Å²) in [6, 6.07) is 1.76. The van der Waals surface area contributed by atoms with Crippen LogP contribution in [0.25, 0.3) is 0 Å². The zero-order valence-electron chi connectivity index (χ0n) is 9.64. The maximum Gasteiger partial charge on any atom is 1.00 e. The molecule has 0 amide bonds. The summed E-state index contributed by atoms with van der Waals surface area (Å²) in [4.78, 5) is 10.7. The largest absolute Gasteiger partial charge is 1.00 e. The fraction of sp³-hybridized carbons (Fsp3) is 0.500. The summed E-state index contributed by atoms with van der Waals surface area (Å²) in [6.07, 6.45) is 3.38. The van der Waals surface area contributed by atoms with E-state index >= 15 is 0 Å². The van der Waals surface area contributed by atoms with E-state index in [4.69, 9.17) is 10.4 Å². The minimum atomic E-state index is 0. The summed E-state index contributed by atoms with van der Waals surface area (Å²) in [6.45, 7) is 2.41. The van der Waals surface area contributed by atoms with Crippen LogP contribution in [0.3, 0.4) is 0 Å². The van der Waals surface area contributed by atoms with Crippen molar-refractivity contribution in [3.05, 3.63) is 18.5 Å². The van der Waals surface area contributed by atoms with Crippen LogP contribution < -0.4 is 34.5 Å². The molecular formula is C8H13N6NaO2+2. The Morgan fingerprint density at radius 1 is 1.18 bits per heavy atom. The molecule has 0 aromatic carbocycles. The normalized spacial score (nSPS) is 16.6. The van der Waals surface area contributed by atoms with Crippen molar-refractivity contribution in [2.75, 3.05) is 31.1 Å². The fourth-order valence-electron chi connectivity index (χ4n) is 1.59. The Bertz CT molecular complexity index is 368. The number of anilines is 1. The van der Waals surface area contributed by atoms with E-state index in [2.05, 4.69) is 15.2 Å². The molecule has 0 aliphatic carbocycles. The van der Waals surface area contributed by atoms with Crippen molar-refractivity contribution < 1.29 is 44.9 Å². The first-order valence-electron chi connectivity index (χ1n) is 4.92. The van der Waals surface area contributed by atoms with Gasteiger partial charge in [-0.05, 0) is 6.07 Å². The second-order valence-corrected chi connectivity index (χ2v) is 3.35. The Morgan fingerprint density at radius 2 is 1.76 bits per heavy atom. The van der Waals surface area contributed by atoms with E-state index in [-0.39, 0.29) is 29.6 Å². The Balaban J connectivity index is 0.00000144. The van der Waals surface area contributed by atoms with Gasteiger partial charge in [-0.3, -0.25) is 0 Å². The molecule has 2 N–H and O–H groups in total. The van der Waals surface area contributed by atoms with Gasteiger partial charge in [0.25, 0.3) is 10.2 Å². The van der Waals surface area contributed by atoms with Gasteiger partial charge in [0.15, 0.2) is 0 Å². The van der Waals surface area contributed by atoms with E-state index in [1.165, 1.54) is 5.01 Å². The Labute approximate surface area is 120 Å². The number of aromatic nitrogens is 2. The maximum atomic E-state index is 9.13. The van der Waals surface area contributed by atoms with Crippen molar-refractivity contribution in [3.63, 3.8) is 0 Å². The number of nitrogens with zero attached hydrogens (tertiary/aromatic N) is 6. The van der Waals surface area contributed by atoms with Crippen molar-refractivity contribution in [1.29, 1.82) is 0 Å². The van der Waals surface area contributed by atoms with Crippen LogP contribution in [0, 0.1) is 0 Å². The third-order valence-electron chi connectivity index (χ3n) is 2.42. The number of piperazine rings is 1. The monoisotopic (exact) mass is 248 g/mol. The molecule has 1 aliphatic heterocycles. The van der Waals surface area contributed by atoms with Crippen LogP contribution in [-0.2, 0) is 0 Å². The quantitative estimate of drug-likeness (QED) is 0.247. The average molecular weight is 248 g/mol. The van der Waals surface area contributed by atoms with Gasteiger partial charge in [-0.1, -0.05) is 0 Å². The predicted octanol–water partition coefficient (Wildman–Crippen LogP) is -3.24. The summed E-state index contributed by atoms with van der Waals surface area (Å²) < 4.78 is 0. The molecule has 0 unspecified atom stereocenters. The number of rotatable bonds is 2. The van der Waals surface area contributed by atoms with Crippen molar-refractivity contribution >= 4 is 5.95 Å². The first kappa shape index (κ1) is 13.9. The molecule has 1 aliphatic rings. The molecule has 0 atom stereocenters. The van der Waals surface area contributed by atoms with Gasteiger partial charge in [0.2, 0.25) is 5.95 Å². The van der Waals surface area contributed by atoms with E-state index in [1.807, 2.05) is 4.90 Å². The molecule has 86 valence electrons. The fourth-order valence-corrected chi connectivity index (χ4v) is 1.59. The van der Waals surface area contributed by atoms with Crippen LogP contribution in [0.5, 0.6) is 0 Å². The molecule has 1 fully saturated rings. The van der Waals surface area contributed by atoms with Gasteiger partial charge in [0, 0.05) is 25.5 Å². The van der Waals surface area contributed by atoms with E-state index in [9.17, 15) is 0 Å². The molecule has 8 nitrogen and oxygen atoms in total. The number of hydrazine groups is 1. The SMILES string of the molecule is ON=[N+](O)N1CCN(c2ncccn2)CC1.[Na+]. The van der Waals surface area contributed by atoms with Crippen LogP contribution in [0.2, 0.25) is 0 Å². The second-order valence-electron chi connectivity index (χ2n) is 3.35.